The molecule has 3 rings (SSSR count). The smallest absolute Gasteiger partial charge is 0.312 e. The molecule has 0 aliphatic heterocycles. The highest BCUT2D eigenvalue weighted by atomic mass is 19.3. The van der Waals surface area contributed by atoms with Gasteiger partial charge in [-0.2, -0.15) is 8.78 Å². The lowest BCUT2D eigenvalue weighted by atomic mass is 10.0. The number of alkyl halides is 2. The second-order valence-electron chi connectivity index (χ2n) is 6.64. The topological polar surface area (TPSA) is 59.0 Å². The fourth-order valence-corrected chi connectivity index (χ4v) is 3.08. The molecular formula is C23H20F2N2O3. The molecule has 0 amide bonds. The Balaban J connectivity index is 1.84. The number of benzene rings is 2. The second kappa shape index (κ2) is 8.82. The molecule has 30 heavy (non-hydrogen) atoms. The third-order valence-electron chi connectivity index (χ3n) is 4.71. The van der Waals surface area contributed by atoms with Crippen LogP contribution in [-0.2, 0) is 11.3 Å². The number of aliphatic imine (C=N–C) groups is 1. The monoisotopic (exact) mass is 410 g/mol. The van der Waals surface area contributed by atoms with E-state index in [0.717, 1.165) is 11.3 Å². The van der Waals surface area contributed by atoms with E-state index < -0.39 is 23.2 Å². The molecule has 0 N–H and O–H groups in total. The standard InChI is InChI=1S/C23H20F2N2O3/c1-14-19(21(29)20(14)28)27(18-7-5-4-6-8-18)13-16-9-11-17(12-10-16)15(2)30-23(26-3)22(24)25/h4-12,22H,2,13H2,1,3H3. The zero-order valence-electron chi connectivity index (χ0n) is 16.6. The molecule has 0 aliphatic rings. The summed E-state index contributed by atoms with van der Waals surface area (Å²) < 4.78 is 30.6. The van der Waals surface area contributed by atoms with Gasteiger partial charge < -0.3 is 9.64 Å². The molecule has 3 aromatic carbocycles. The molecular weight excluding hydrogens is 390 g/mol. The quantitative estimate of drug-likeness (QED) is 0.253. The van der Waals surface area contributed by atoms with Crippen LogP contribution >= 0.6 is 0 Å². The van der Waals surface area contributed by atoms with E-state index in [1.807, 2.05) is 30.3 Å². The number of nitrogens with zero attached hydrogens (tertiary/aromatic N) is 2. The average Bonchev–Trinajstić information content (AvgIpc) is 2.77. The van der Waals surface area contributed by atoms with E-state index in [0.29, 0.717) is 23.4 Å². The van der Waals surface area contributed by atoms with Gasteiger partial charge in [0.25, 0.3) is 5.90 Å². The molecule has 0 aromatic heterocycles. The van der Waals surface area contributed by atoms with Crippen LogP contribution in [-0.4, -0.2) is 19.4 Å². The Kier molecular flexibility index (Phi) is 6.20. The van der Waals surface area contributed by atoms with Crippen LogP contribution < -0.4 is 15.8 Å². The van der Waals surface area contributed by atoms with E-state index in [9.17, 15) is 18.4 Å². The van der Waals surface area contributed by atoms with Gasteiger partial charge in [0.15, 0.2) is 0 Å². The summed E-state index contributed by atoms with van der Waals surface area (Å²) in [6.07, 6.45) is -2.83. The third-order valence-corrected chi connectivity index (χ3v) is 4.71. The van der Waals surface area contributed by atoms with Crippen molar-refractivity contribution in [3.63, 3.8) is 0 Å². The number of rotatable bonds is 7. The Morgan fingerprint density at radius 2 is 1.70 bits per heavy atom. The SMILES string of the molecule is C=C(OC(=NC)C(F)F)c1ccc(CN(c2ccccc2)c2c(C)c(=O)c2=O)cc1. The number of para-hydroxylation sites is 1. The molecule has 7 heteroatoms. The first-order valence-electron chi connectivity index (χ1n) is 9.17. The van der Waals surface area contributed by atoms with Gasteiger partial charge in [-0.25, -0.2) is 0 Å². The van der Waals surface area contributed by atoms with Crippen molar-refractivity contribution in [1.29, 1.82) is 0 Å². The largest absolute Gasteiger partial charge is 0.438 e. The number of anilines is 2. The minimum atomic E-state index is -2.83. The van der Waals surface area contributed by atoms with Crippen LogP contribution in [0.1, 0.15) is 16.7 Å². The lowest BCUT2D eigenvalue weighted by molar-refractivity contribution is 0.196. The van der Waals surface area contributed by atoms with Gasteiger partial charge in [-0.15, -0.1) is 0 Å². The van der Waals surface area contributed by atoms with Crippen molar-refractivity contribution < 1.29 is 13.5 Å². The van der Waals surface area contributed by atoms with Crippen LogP contribution in [0.5, 0.6) is 0 Å². The van der Waals surface area contributed by atoms with Gasteiger partial charge in [0.05, 0.1) is 0 Å². The molecule has 0 spiro atoms. The van der Waals surface area contributed by atoms with Gasteiger partial charge in [0, 0.05) is 30.4 Å². The summed E-state index contributed by atoms with van der Waals surface area (Å²) in [5, 5.41) is 0. The highest BCUT2D eigenvalue weighted by molar-refractivity contribution is 5.84. The maximum atomic E-state index is 12.8. The lowest BCUT2D eigenvalue weighted by Gasteiger charge is -2.27. The highest BCUT2D eigenvalue weighted by Crippen LogP contribution is 2.27. The maximum absolute atomic E-state index is 12.8. The molecule has 5 nitrogen and oxygen atoms in total. The summed E-state index contributed by atoms with van der Waals surface area (Å²) in [5.74, 6) is -0.643. The van der Waals surface area contributed by atoms with E-state index in [2.05, 4.69) is 11.6 Å². The average molecular weight is 410 g/mol. The van der Waals surface area contributed by atoms with Crippen LogP contribution in [0.2, 0.25) is 0 Å². The Labute approximate surface area is 172 Å². The molecule has 0 saturated heterocycles. The van der Waals surface area contributed by atoms with Crippen molar-refractivity contribution in [3.8, 4) is 0 Å². The van der Waals surface area contributed by atoms with Crippen molar-refractivity contribution in [1.82, 2.24) is 0 Å². The zero-order chi connectivity index (χ0) is 21.8. The Morgan fingerprint density at radius 3 is 2.23 bits per heavy atom. The summed E-state index contributed by atoms with van der Waals surface area (Å²) in [6, 6.07) is 16.2. The summed E-state index contributed by atoms with van der Waals surface area (Å²) in [4.78, 5) is 29.1. The van der Waals surface area contributed by atoms with Gasteiger partial charge in [0.1, 0.15) is 11.4 Å². The molecule has 0 radical (unpaired) electrons. The van der Waals surface area contributed by atoms with Gasteiger partial charge in [0.2, 0.25) is 10.9 Å². The summed E-state index contributed by atoms with van der Waals surface area (Å²) in [6.45, 7) is 5.66. The predicted octanol–water partition coefficient (Wildman–Crippen LogP) is 4.21. The first kappa shape index (κ1) is 21.1. The molecule has 0 aliphatic carbocycles. The van der Waals surface area contributed by atoms with Crippen LogP contribution in [0.25, 0.3) is 5.76 Å². The Morgan fingerprint density at radius 1 is 1.07 bits per heavy atom. The first-order valence-corrected chi connectivity index (χ1v) is 9.17. The van der Waals surface area contributed by atoms with E-state index in [1.165, 1.54) is 7.05 Å². The van der Waals surface area contributed by atoms with Crippen LogP contribution in [0.15, 0.2) is 75.8 Å². The summed E-state index contributed by atoms with van der Waals surface area (Å²) in [7, 11) is 1.22. The highest BCUT2D eigenvalue weighted by Gasteiger charge is 2.24. The van der Waals surface area contributed by atoms with Gasteiger partial charge >= 0.3 is 6.43 Å². The molecule has 0 fully saturated rings. The number of halogens is 2. The summed E-state index contributed by atoms with van der Waals surface area (Å²) >= 11 is 0. The normalized spacial score (nSPS) is 11.7. The number of ether oxygens (including phenoxy) is 1. The van der Waals surface area contributed by atoms with E-state index >= 15 is 0 Å². The Hall–Kier alpha value is -3.61. The second-order valence-corrected chi connectivity index (χ2v) is 6.64. The molecule has 0 unspecified atom stereocenters. The van der Waals surface area contributed by atoms with Crippen LogP contribution in [0.3, 0.4) is 0 Å². The number of hydrogen-bond acceptors (Lipinski definition) is 5. The zero-order valence-corrected chi connectivity index (χ0v) is 16.6. The first-order chi connectivity index (χ1) is 14.3. The van der Waals surface area contributed by atoms with Crippen LogP contribution in [0, 0.1) is 6.92 Å². The fourth-order valence-electron chi connectivity index (χ4n) is 3.08. The minimum Gasteiger partial charge on any atom is -0.438 e. The van der Waals surface area contributed by atoms with Crippen molar-refractivity contribution in [2.24, 2.45) is 4.99 Å². The van der Waals surface area contributed by atoms with Gasteiger partial charge in [-0.3, -0.25) is 14.6 Å². The van der Waals surface area contributed by atoms with Gasteiger partial charge in [-0.1, -0.05) is 49.0 Å². The third kappa shape index (κ3) is 4.20. The van der Waals surface area contributed by atoms with Crippen molar-refractivity contribution in [2.75, 3.05) is 11.9 Å². The maximum Gasteiger partial charge on any atom is 0.312 e. The molecule has 0 bridgehead atoms. The van der Waals surface area contributed by atoms with Gasteiger partial charge in [-0.05, 0) is 24.6 Å². The molecule has 154 valence electrons. The molecule has 0 heterocycles. The molecule has 3 aromatic rings. The molecule has 0 atom stereocenters. The minimum absolute atomic E-state index is 0.0562. The van der Waals surface area contributed by atoms with E-state index in [-0.39, 0.29) is 5.76 Å². The van der Waals surface area contributed by atoms with Crippen molar-refractivity contribution in [2.45, 2.75) is 19.9 Å². The van der Waals surface area contributed by atoms with Crippen molar-refractivity contribution >= 4 is 23.0 Å². The van der Waals surface area contributed by atoms with E-state index in [1.54, 1.807) is 36.1 Å². The predicted molar refractivity (Wildman–Crippen MR) is 114 cm³/mol. The van der Waals surface area contributed by atoms with E-state index in [4.69, 9.17) is 4.74 Å². The molecule has 0 saturated carbocycles. The van der Waals surface area contributed by atoms with Crippen LogP contribution in [0.4, 0.5) is 20.2 Å². The Bertz CT molecular complexity index is 1150. The number of hydrogen-bond donors (Lipinski definition) is 0. The van der Waals surface area contributed by atoms with Crippen molar-refractivity contribution in [3.05, 3.63) is 98.3 Å². The fraction of sp³-hybridized carbons (Fsp3) is 0.174. The lowest BCUT2D eigenvalue weighted by Crippen LogP contribution is -2.40. The summed E-state index contributed by atoms with van der Waals surface area (Å²) in [5.41, 5.74) is 1.99.